The molecule has 0 aliphatic heterocycles. The lowest BCUT2D eigenvalue weighted by Crippen LogP contribution is -2.23. The smallest absolute Gasteiger partial charge is 0.246 e. The van der Waals surface area contributed by atoms with Gasteiger partial charge in [-0.05, 0) is 35.6 Å². The molecule has 0 aliphatic rings. The van der Waals surface area contributed by atoms with Crippen molar-refractivity contribution in [2.24, 2.45) is 0 Å². The van der Waals surface area contributed by atoms with Gasteiger partial charge in [-0.3, -0.25) is 4.79 Å². The molecule has 2 aromatic heterocycles. The Morgan fingerprint density at radius 1 is 1.26 bits per heavy atom. The molecule has 0 saturated carbocycles. The molecule has 1 N–H and O–H groups in total. The fourth-order valence-electron chi connectivity index (χ4n) is 2.00. The van der Waals surface area contributed by atoms with Crippen LogP contribution < -0.4 is 5.32 Å². The number of nitrogens with one attached hydrogen (secondary N) is 1. The predicted molar refractivity (Wildman–Crippen MR) is 84.2 cm³/mol. The van der Waals surface area contributed by atoms with Crippen LogP contribution in [-0.2, 0) is 17.8 Å². The van der Waals surface area contributed by atoms with Gasteiger partial charge in [-0.25, -0.2) is 4.39 Å². The van der Waals surface area contributed by atoms with Crippen LogP contribution in [0.2, 0.25) is 0 Å². The van der Waals surface area contributed by atoms with E-state index in [-0.39, 0.29) is 18.3 Å². The summed E-state index contributed by atoms with van der Waals surface area (Å²) in [5, 5.41) is 8.54. The van der Waals surface area contributed by atoms with Gasteiger partial charge in [0.05, 0.1) is 11.4 Å². The Morgan fingerprint density at radius 3 is 2.83 bits per heavy atom. The molecule has 23 heavy (non-hydrogen) atoms. The summed E-state index contributed by atoms with van der Waals surface area (Å²) >= 11 is 1.52. The van der Waals surface area contributed by atoms with E-state index < -0.39 is 0 Å². The first kappa shape index (κ1) is 15.4. The van der Waals surface area contributed by atoms with Crippen LogP contribution in [0.25, 0.3) is 10.7 Å². The zero-order valence-electron chi connectivity index (χ0n) is 12.2. The van der Waals surface area contributed by atoms with Crippen molar-refractivity contribution in [3.8, 4) is 10.7 Å². The largest absolute Gasteiger partial charge is 0.347 e. The second-order valence-electron chi connectivity index (χ2n) is 4.89. The highest BCUT2D eigenvalue weighted by Gasteiger charge is 2.10. The number of hydrogen-bond donors (Lipinski definition) is 1. The topological polar surface area (TPSA) is 68.0 Å². The molecule has 0 spiro atoms. The lowest BCUT2D eigenvalue weighted by molar-refractivity contribution is -0.121. The zero-order chi connectivity index (χ0) is 16.1. The Balaban J connectivity index is 1.46. The second-order valence-corrected chi connectivity index (χ2v) is 5.84. The van der Waals surface area contributed by atoms with Crippen molar-refractivity contribution in [1.29, 1.82) is 0 Å². The first-order valence-corrected chi connectivity index (χ1v) is 7.96. The third-order valence-corrected chi connectivity index (χ3v) is 4.07. The molecule has 1 amide bonds. The number of aromatic nitrogens is 2. The van der Waals surface area contributed by atoms with E-state index in [0.717, 1.165) is 10.4 Å². The van der Waals surface area contributed by atoms with Crippen LogP contribution in [-0.4, -0.2) is 16.0 Å². The van der Waals surface area contributed by atoms with Crippen molar-refractivity contribution in [3.05, 3.63) is 59.0 Å². The van der Waals surface area contributed by atoms with E-state index in [2.05, 4.69) is 15.5 Å². The summed E-state index contributed by atoms with van der Waals surface area (Å²) in [5.41, 5.74) is 0.916. The second kappa shape index (κ2) is 7.15. The number of aryl methyl sites for hydroxylation is 1. The van der Waals surface area contributed by atoms with Gasteiger partial charge in [0.2, 0.25) is 17.6 Å². The SMILES string of the molecule is O=C(CCc1ccc(F)cc1)NCc1nc(-c2cccs2)no1. The van der Waals surface area contributed by atoms with Gasteiger partial charge in [0.1, 0.15) is 5.82 Å². The zero-order valence-corrected chi connectivity index (χ0v) is 13.0. The van der Waals surface area contributed by atoms with E-state index in [9.17, 15) is 9.18 Å². The average molecular weight is 331 g/mol. The molecule has 0 fully saturated rings. The molecule has 1 aromatic carbocycles. The van der Waals surface area contributed by atoms with Gasteiger partial charge in [0.25, 0.3) is 0 Å². The van der Waals surface area contributed by atoms with Crippen molar-refractivity contribution in [2.75, 3.05) is 0 Å². The fraction of sp³-hybridized carbons (Fsp3) is 0.188. The Hall–Kier alpha value is -2.54. The minimum atomic E-state index is -0.281. The van der Waals surface area contributed by atoms with E-state index in [1.54, 1.807) is 12.1 Å². The number of thiophene rings is 1. The quantitative estimate of drug-likeness (QED) is 0.753. The van der Waals surface area contributed by atoms with Gasteiger partial charge >= 0.3 is 0 Å². The van der Waals surface area contributed by atoms with Crippen molar-refractivity contribution in [2.45, 2.75) is 19.4 Å². The highest BCUT2D eigenvalue weighted by molar-refractivity contribution is 7.13. The molecular weight excluding hydrogens is 317 g/mol. The van der Waals surface area contributed by atoms with Crippen LogP contribution in [0, 0.1) is 5.82 Å². The molecule has 3 aromatic rings. The molecular formula is C16H14FN3O2S. The van der Waals surface area contributed by atoms with Crippen molar-refractivity contribution < 1.29 is 13.7 Å². The number of carbonyl (C=O) groups excluding carboxylic acids is 1. The number of benzene rings is 1. The van der Waals surface area contributed by atoms with Crippen LogP contribution in [0.1, 0.15) is 17.9 Å². The highest BCUT2D eigenvalue weighted by Crippen LogP contribution is 2.21. The summed E-state index contributed by atoms with van der Waals surface area (Å²) in [6.07, 6.45) is 0.869. The first-order valence-electron chi connectivity index (χ1n) is 7.08. The van der Waals surface area contributed by atoms with Gasteiger partial charge in [0, 0.05) is 6.42 Å². The molecule has 0 radical (unpaired) electrons. The third-order valence-electron chi connectivity index (χ3n) is 3.20. The first-order chi connectivity index (χ1) is 11.2. The molecule has 0 bridgehead atoms. The normalized spacial score (nSPS) is 10.7. The minimum Gasteiger partial charge on any atom is -0.347 e. The van der Waals surface area contributed by atoms with Crippen molar-refractivity contribution in [3.63, 3.8) is 0 Å². The minimum absolute atomic E-state index is 0.120. The number of carbonyl (C=O) groups is 1. The van der Waals surface area contributed by atoms with E-state index in [4.69, 9.17) is 4.52 Å². The van der Waals surface area contributed by atoms with E-state index >= 15 is 0 Å². The van der Waals surface area contributed by atoms with Gasteiger partial charge in [-0.2, -0.15) is 4.98 Å². The van der Waals surface area contributed by atoms with E-state index in [0.29, 0.717) is 24.6 Å². The van der Waals surface area contributed by atoms with Crippen LogP contribution >= 0.6 is 11.3 Å². The predicted octanol–water partition coefficient (Wildman–Crippen LogP) is 3.19. The van der Waals surface area contributed by atoms with Crippen molar-refractivity contribution in [1.82, 2.24) is 15.5 Å². The molecule has 0 unspecified atom stereocenters. The highest BCUT2D eigenvalue weighted by atomic mass is 32.1. The van der Waals surface area contributed by atoms with E-state index in [1.807, 2.05) is 17.5 Å². The van der Waals surface area contributed by atoms with Gasteiger partial charge in [-0.15, -0.1) is 11.3 Å². The number of amides is 1. The van der Waals surface area contributed by atoms with E-state index in [1.165, 1.54) is 23.5 Å². The van der Waals surface area contributed by atoms with Crippen LogP contribution in [0.4, 0.5) is 4.39 Å². The number of nitrogens with zero attached hydrogens (tertiary/aromatic N) is 2. The fourth-order valence-corrected chi connectivity index (χ4v) is 2.65. The molecule has 0 aliphatic carbocycles. The Bertz CT molecular complexity index is 769. The summed E-state index contributed by atoms with van der Waals surface area (Å²) in [4.78, 5) is 17.0. The molecule has 5 nitrogen and oxygen atoms in total. The number of halogens is 1. The Morgan fingerprint density at radius 2 is 2.09 bits per heavy atom. The summed E-state index contributed by atoms with van der Waals surface area (Å²) in [7, 11) is 0. The number of hydrogen-bond acceptors (Lipinski definition) is 5. The Labute approximate surface area is 136 Å². The van der Waals surface area contributed by atoms with Gasteiger partial charge in [0.15, 0.2) is 0 Å². The lowest BCUT2D eigenvalue weighted by Gasteiger charge is -2.02. The van der Waals surface area contributed by atoms with Gasteiger partial charge < -0.3 is 9.84 Å². The lowest BCUT2D eigenvalue weighted by atomic mass is 10.1. The maximum atomic E-state index is 12.8. The number of rotatable bonds is 6. The summed E-state index contributed by atoms with van der Waals surface area (Å²) < 4.78 is 17.9. The molecule has 2 heterocycles. The monoisotopic (exact) mass is 331 g/mol. The van der Waals surface area contributed by atoms with Gasteiger partial charge in [-0.1, -0.05) is 23.4 Å². The standard InChI is InChI=1S/C16H14FN3O2S/c17-12-6-3-11(4-7-12)5-8-14(21)18-10-15-19-16(20-22-15)13-2-1-9-23-13/h1-4,6-7,9H,5,8,10H2,(H,18,21). The molecule has 118 valence electrons. The summed E-state index contributed by atoms with van der Waals surface area (Å²) in [5.74, 6) is 0.487. The molecule has 0 atom stereocenters. The van der Waals surface area contributed by atoms with Crippen LogP contribution in [0.3, 0.4) is 0 Å². The Kier molecular flexibility index (Phi) is 4.77. The van der Waals surface area contributed by atoms with Crippen LogP contribution in [0.5, 0.6) is 0 Å². The maximum Gasteiger partial charge on any atom is 0.246 e. The maximum absolute atomic E-state index is 12.8. The molecule has 3 rings (SSSR count). The van der Waals surface area contributed by atoms with Crippen molar-refractivity contribution >= 4 is 17.2 Å². The average Bonchev–Trinajstić information content (AvgIpc) is 3.23. The summed E-state index contributed by atoms with van der Waals surface area (Å²) in [6.45, 7) is 0.195. The molecule has 0 saturated heterocycles. The molecule has 7 heteroatoms. The third kappa shape index (κ3) is 4.23. The summed E-state index contributed by atoms with van der Waals surface area (Å²) in [6, 6.07) is 9.94. The van der Waals surface area contributed by atoms with Crippen LogP contribution in [0.15, 0.2) is 46.3 Å².